The molecule has 3 aromatic carbocycles. The maximum Gasteiger partial charge on any atom is 0.335 e. The van der Waals surface area contributed by atoms with Gasteiger partial charge in [-0.05, 0) is 68.4 Å². The number of carbonyl (C=O) groups is 2. The van der Waals surface area contributed by atoms with Crippen LogP contribution >= 0.6 is 34.8 Å². The van der Waals surface area contributed by atoms with Crippen LogP contribution in [0.15, 0.2) is 66.7 Å². The summed E-state index contributed by atoms with van der Waals surface area (Å²) in [5.41, 5.74) is 4.59. The summed E-state index contributed by atoms with van der Waals surface area (Å²) in [6.07, 6.45) is 0. The van der Waals surface area contributed by atoms with Gasteiger partial charge < -0.3 is 14.7 Å². The van der Waals surface area contributed by atoms with Gasteiger partial charge in [0.05, 0.1) is 34.3 Å². The second-order valence-electron chi connectivity index (χ2n) is 8.42. The molecule has 0 bridgehead atoms. The third-order valence-corrected chi connectivity index (χ3v) is 6.77. The van der Waals surface area contributed by atoms with Gasteiger partial charge in [-0.3, -0.25) is 4.79 Å². The van der Waals surface area contributed by atoms with Crippen LogP contribution in [0.2, 0.25) is 15.1 Å². The average molecular weight is 573 g/mol. The second kappa shape index (κ2) is 12.0. The Hall–Kier alpha value is -3.36. The number of carboxylic acid groups (broad SMARTS) is 1. The zero-order valence-electron chi connectivity index (χ0n) is 20.6. The van der Waals surface area contributed by atoms with E-state index in [0.29, 0.717) is 38.7 Å². The SMILES string of the molecule is CCN(C(=O)COCc1nn(-c2ccc(Cl)cc2Cl)c(-c2ccc(Cl)cc2)c1C)c1ccc(C(=O)O)cc1. The molecule has 1 N–H and O–H groups in total. The number of aromatic carboxylic acids is 1. The lowest BCUT2D eigenvalue weighted by Gasteiger charge is -2.21. The van der Waals surface area contributed by atoms with Crippen molar-refractivity contribution >= 4 is 52.4 Å². The Morgan fingerprint density at radius 2 is 1.63 bits per heavy atom. The third kappa shape index (κ3) is 6.03. The van der Waals surface area contributed by atoms with Gasteiger partial charge in [-0.15, -0.1) is 0 Å². The Morgan fingerprint density at radius 3 is 2.24 bits per heavy atom. The minimum absolute atomic E-state index is 0.0892. The Morgan fingerprint density at radius 1 is 0.974 bits per heavy atom. The van der Waals surface area contributed by atoms with Crippen LogP contribution < -0.4 is 4.90 Å². The number of rotatable bonds is 9. The summed E-state index contributed by atoms with van der Waals surface area (Å²) < 4.78 is 7.54. The molecule has 0 spiro atoms. The van der Waals surface area contributed by atoms with Crippen LogP contribution in [-0.4, -0.2) is 39.9 Å². The van der Waals surface area contributed by atoms with Gasteiger partial charge in [0, 0.05) is 33.4 Å². The summed E-state index contributed by atoms with van der Waals surface area (Å²) in [4.78, 5) is 25.6. The number of halogens is 3. The lowest BCUT2D eigenvalue weighted by molar-refractivity contribution is -0.123. The maximum atomic E-state index is 12.9. The first-order chi connectivity index (χ1) is 18.2. The van der Waals surface area contributed by atoms with E-state index in [2.05, 4.69) is 0 Å². The van der Waals surface area contributed by atoms with Crippen molar-refractivity contribution in [3.63, 3.8) is 0 Å². The van der Waals surface area contributed by atoms with Crippen LogP contribution in [0.4, 0.5) is 5.69 Å². The van der Waals surface area contributed by atoms with Gasteiger partial charge in [-0.1, -0.05) is 46.9 Å². The van der Waals surface area contributed by atoms with E-state index in [-0.39, 0.29) is 24.7 Å². The van der Waals surface area contributed by atoms with Gasteiger partial charge in [-0.2, -0.15) is 5.10 Å². The van der Waals surface area contributed by atoms with Crippen LogP contribution in [-0.2, 0) is 16.1 Å². The zero-order valence-corrected chi connectivity index (χ0v) is 22.9. The quantitative estimate of drug-likeness (QED) is 0.232. The van der Waals surface area contributed by atoms with Crippen molar-refractivity contribution in [3.8, 4) is 16.9 Å². The van der Waals surface area contributed by atoms with Crippen molar-refractivity contribution < 1.29 is 19.4 Å². The van der Waals surface area contributed by atoms with E-state index in [0.717, 1.165) is 16.8 Å². The molecule has 0 aliphatic rings. The fourth-order valence-electron chi connectivity index (χ4n) is 4.05. The predicted molar refractivity (Wildman–Crippen MR) is 150 cm³/mol. The molecule has 0 saturated carbocycles. The van der Waals surface area contributed by atoms with E-state index in [1.54, 1.807) is 47.1 Å². The first-order valence-electron chi connectivity index (χ1n) is 11.7. The molecule has 0 saturated heterocycles. The molecule has 4 aromatic rings. The predicted octanol–water partition coefficient (Wildman–Crippen LogP) is 7.08. The molecule has 7 nitrogen and oxygen atoms in total. The Balaban J connectivity index is 1.57. The highest BCUT2D eigenvalue weighted by molar-refractivity contribution is 6.35. The lowest BCUT2D eigenvalue weighted by Crippen LogP contribution is -2.33. The van der Waals surface area contributed by atoms with E-state index in [4.69, 9.17) is 49.7 Å². The first kappa shape index (κ1) is 27.7. The van der Waals surface area contributed by atoms with E-state index in [1.165, 1.54) is 17.0 Å². The number of ether oxygens (including phenoxy) is 1. The molecular formula is C28H24Cl3N3O4. The molecule has 0 fully saturated rings. The molecule has 0 unspecified atom stereocenters. The number of carbonyl (C=O) groups excluding carboxylic acids is 1. The van der Waals surface area contributed by atoms with Crippen LogP contribution in [0.5, 0.6) is 0 Å². The molecule has 0 aliphatic heterocycles. The molecule has 1 heterocycles. The summed E-state index contributed by atoms with van der Waals surface area (Å²) in [5.74, 6) is -1.28. The van der Waals surface area contributed by atoms with Crippen molar-refractivity contribution in [1.82, 2.24) is 9.78 Å². The molecule has 10 heteroatoms. The van der Waals surface area contributed by atoms with Crippen molar-refractivity contribution in [2.24, 2.45) is 0 Å². The van der Waals surface area contributed by atoms with Crippen LogP contribution in [0.25, 0.3) is 16.9 Å². The van der Waals surface area contributed by atoms with Crippen LogP contribution in [0.1, 0.15) is 28.5 Å². The van der Waals surface area contributed by atoms with E-state index >= 15 is 0 Å². The summed E-state index contributed by atoms with van der Waals surface area (Å²) in [7, 11) is 0. The van der Waals surface area contributed by atoms with Gasteiger partial charge in [0.2, 0.25) is 0 Å². The van der Waals surface area contributed by atoms with Crippen molar-refractivity contribution in [3.05, 3.63) is 98.6 Å². The highest BCUT2D eigenvalue weighted by atomic mass is 35.5. The first-order valence-corrected chi connectivity index (χ1v) is 12.8. The molecular weight excluding hydrogens is 549 g/mol. The molecule has 38 heavy (non-hydrogen) atoms. The van der Waals surface area contributed by atoms with E-state index in [9.17, 15) is 9.59 Å². The van der Waals surface area contributed by atoms with Crippen LogP contribution in [0.3, 0.4) is 0 Å². The molecule has 0 atom stereocenters. The largest absolute Gasteiger partial charge is 0.478 e. The molecule has 0 radical (unpaired) electrons. The fraction of sp³-hybridized carbons (Fsp3) is 0.179. The number of nitrogens with zero attached hydrogens (tertiary/aromatic N) is 3. The monoisotopic (exact) mass is 571 g/mol. The number of aromatic nitrogens is 2. The normalized spacial score (nSPS) is 11.0. The van der Waals surface area contributed by atoms with Gasteiger partial charge in [0.25, 0.3) is 5.91 Å². The van der Waals surface area contributed by atoms with Crippen molar-refractivity contribution in [2.45, 2.75) is 20.5 Å². The van der Waals surface area contributed by atoms with Gasteiger partial charge in [-0.25, -0.2) is 9.48 Å². The Labute approximate surface area is 235 Å². The Kier molecular flexibility index (Phi) is 8.74. The molecule has 196 valence electrons. The second-order valence-corrected chi connectivity index (χ2v) is 9.70. The smallest absolute Gasteiger partial charge is 0.335 e. The number of hydrogen-bond acceptors (Lipinski definition) is 4. The lowest BCUT2D eigenvalue weighted by atomic mass is 10.1. The van der Waals surface area contributed by atoms with E-state index in [1.807, 2.05) is 26.0 Å². The van der Waals surface area contributed by atoms with Gasteiger partial charge in [0.15, 0.2) is 0 Å². The molecule has 4 rings (SSSR count). The summed E-state index contributed by atoms with van der Waals surface area (Å²) in [6.45, 7) is 4.08. The summed E-state index contributed by atoms with van der Waals surface area (Å²) in [5, 5.41) is 15.4. The number of likely N-dealkylation sites (N-methyl/N-ethyl adjacent to an activating group) is 1. The number of anilines is 1. The average Bonchev–Trinajstić information content (AvgIpc) is 3.21. The number of carboxylic acids is 1. The van der Waals surface area contributed by atoms with Gasteiger partial charge >= 0.3 is 5.97 Å². The number of benzene rings is 3. The zero-order chi connectivity index (χ0) is 27.4. The van der Waals surface area contributed by atoms with E-state index < -0.39 is 5.97 Å². The highest BCUT2D eigenvalue weighted by Crippen LogP contribution is 2.33. The highest BCUT2D eigenvalue weighted by Gasteiger charge is 2.21. The standard InChI is InChI=1S/C28H24Cl3N3O4/c1-3-33(22-11-6-19(7-12-22)28(36)37)26(35)16-38-15-24-17(2)27(18-4-8-20(29)9-5-18)34(32-24)25-13-10-21(30)14-23(25)31/h4-14H,3,15-16H2,1-2H3,(H,36,37). The van der Waals surface area contributed by atoms with Crippen molar-refractivity contribution in [1.29, 1.82) is 0 Å². The van der Waals surface area contributed by atoms with Crippen LogP contribution in [0, 0.1) is 6.92 Å². The fourth-order valence-corrected chi connectivity index (χ4v) is 4.67. The molecule has 1 amide bonds. The summed E-state index contributed by atoms with van der Waals surface area (Å²) in [6, 6.07) is 18.7. The molecule has 1 aromatic heterocycles. The number of hydrogen-bond donors (Lipinski definition) is 1. The summed E-state index contributed by atoms with van der Waals surface area (Å²) >= 11 is 18.7. The minimum atomic E-state index is -1.03. The van der Waals surface area contributed by atoms with Gasteiger partial charge in [0.1, 0.15) is 6.61 Å². The van der Waals surface area contributed by atoms with Crippen molar-refractivity contribution in [2.75, 3.05) is 18.1 Å². The molecule has 0 aliphatic carbocycles. The minimum Gasteiger partial charge on any atom is -0.478 e. The third-order valence-electron chi connectivity index (χ3n) is 5.98. The Bertz CT molecular complexity index is 1470. The topological polar surface area (TPSA) is 84.7 Å². The number of amides is 1. The maximum absolute atomic E-state index is 12.9.